The van der Waals surface area contributed by atoms with Crippen molar-refractivity contribution in [3.05, 3.63) is 115 Å². The number of carbonyl (C=O) groups excluding carboxylic acids is 1. The number of primary amides is 1. The molecule has 0 radical (unpaired) electrons. The van der Waals surface area contributed by atoms with Gasteiger partial charge in [0.2, 0.25) is 0 Å². The van der Waals surface area contributed by atoms with Crippen molar-refractivity contribution < 1.29 is 23.1 Å². The van der Waals surface area contributed by atoms with Crippen LogP contribution < -0.4 is 10.5 Å². The summed E-state index contributed by atoms with van der Waals surface area (Å²) in [5.74, 6) is -0.582. The van der Waals surface area contributed by atoms with Crippen LogP contribution in [0.15, 0.2) is 108 Å². The zero-order valence-electron chi connectivity index (χ0n) is 21.4. The van der Waals surface area contributed by atoms with E-state index in [1.807, 2.05) is 13.8 Å². The molecule has 0 bridgehead atoms. The standard InChI is InChI=1S/C30H27N3O5S/c1-20(2)38-24-17-21(16-23(18-24)30(35,29(31)34)22-10-5-3-6-11-22)27-19-33(28-26(27)14-9-15-32-28)39(36,37)25-12-7-4-8-13-25/h3-20,35H,1-2H3,(H2,31,34). The maximum absolute atomic E-state index is 13.6. The number of fused-ring (bicyclic) bond motifs is 1. The smallest absolute Gasteiger partial charge is 0.269 e. The van der Waals surface area contributed by atoms with Gasteiger partial charge in [0.1, 0.15) is 5.75 Å². The van der Waals surface area contributed by atoms with E-state index >= 15 is 0 Å². The van der Waals surface area contributed by atoms with Gasteiger partial charge in [-0.15, -0.1) is 0 Å². The minimum atomic E-state index is -3.98. The van der Waals surface area contributed by atoms with Crippen molar-refractivity contribution in [3.8, 4) is 16.9 Å². The Morgan fingerprint density at radius 2 is 1.62 bits per heavy atom. The van der Waals surface area contributed by atoms with Gasteiger partial charge in [0.25, 0.3) is 15.9 Å². The summed E-state index contributed by atoms with van der Waals surface area (Å²) in [5, 5.41) is 12.3. The van der Waals surface area contributed by atoms with Gasteiger partial charge in [0.15, 0.2) is 11.2 Å². The number of aliphatic hydroxyl groups is 1. The van der Waals surface area contributed by atoms with E-state index < -0.39 is 21.5 Å². The third kappa shape index (κ3) is 4.67. The molecule has 0 fully saturated rings. The molecule has 5 aromatic rings. The molecule has 39 heavy (non-hydrogen) atoms. The molecule has 3 aromatic carbocycles. The van der Waals surface area contributed by atoms with Crippen LogP contribution in [-0.4, -0.2) is 34.5 Å². The van der Waals surface area contributed by atoms with Gasteiger partial charge >= 0.3 is 0 Å². The summed E-state index contributed by atoms with van der Waals surface area (Å²) < 4.78 is 34.3. The first-order chi connectivity index (χ1) is 18.6. The number of nitrogens with zero attached hydrogens (tertiary/aromatic N) is 2. The summed E-state index contributed by atoms with van der Waals surface area (Å²) in [5.41, 5.74) is 5.35. The lowest BCUT2D eigenvalue weighted by molar-refractivity contribution is -0.133. The topological polar surface area (TPSA) is 125 Å². The van der Waals surface area contributed by atoms with Gasteiger partial charge < -0.3 is 15.6 Å². The highest BCUT2D eigenvalue weighted by atomic mass is 32.2. The molecule has 3 N–H and O–H groups in total. The first kappa shape index (κ1) is 26.1. The monoisotopic (exact) mass is 541 g/mol. The number of hydrogen-bond acceptors (Lipinski definition) is 6. The van der Waals surface area contributed by atoms with E-state index in [1.54, 1.807) is 78.9 Å². The number of ether oxygens (including phenoxy) is 1. The molecule has 2 heterocycles. The maximum Gasteiger partial charge on any atom is 0.269 e. The number of carbonyl (C=O) groups is 1. The molecular weight excluding hydrogens is 514 g/mol. The molecular formula is C30H27N3O5S. The molecule has 0 aliphatic rings. The summed E-state index contributed by atoms with van der Waals surface area (Å²) in [4.78, 5) is 17.2. The Labute approximate surface area is 226 Å². The predicted octanol–water partition coefficient (Wildman–Crippen LogP) is 4.45. The Hall–Kier alpha value is -4.47. The fourth-order valence-corrected chi connectivity index (χ4v) is 5.93. The van der Waals surface area contributed by atoms with Crippen LogP contribution in [0.1, 0.15) is 25.0 Å². The van der Waals surface area contributed by atoms with E-state index in [4.69, 9.17) is 10.5 Å². The zero-order chi connectivity index (χ0) is 27.8. The van der Waals surface area contributed by atoms with Crippen molar-refractivity contribution in [3.63, 3.8) is 0 Å². The molecule has 0 saturated carbocycles. The van der Waals surface area contributed by atoms with Gasteiger partial charge in [0, 0.05) is 28.9 Å². The number of nitrogens with two attached hydrogens (primary N) is 1. The molecule has 1 amide bonds. The summed E-state index contributed by atoms with van der Waals surface area (Å²) in [6.45, 7) is 3.71. The minimum Gasteiger partial charge on any atom is -0.491 e. The van der Waals surface area contributed by atoms with Crippen molar-refractivity contribution >= 4 is 27.0 Å². The SMILES string of the molecule is CC(C)Oc1cc(-c2cn(S(=O)(=O)c3ccccc3)c3ncccc23)cc(C(O)(C(N)=O)c2ccccc2)c1. The van der Waals surface area contributed by atoms with Gasteiger partial charge in [0.05, 0.1) is 11.0 Å². The fourth-order valence-electron chi connectivity index (χ4n) is 4.58. The van der Waals surface area contributed by atoms with Crippen LogP contribution in [0.4, 0.5) is 0 Å². The molecule has 0 aliphatic heterocycles. The van der Waals surface area contributed by atoms with E-state index in [0.717, 1.165) is 3.97 Å². The number of pyridine rings is 1. The van der Waals surface area contributed by atoms with E-state index in [9.17, 15) is 18.3 Å². The van der Waals surface area contributed by atoms with Crippen LogP contribution in [0.5, 0.6) is 5.75 Å². The molecule has 0 spiro atoms. The second-order valence-electron chi connectivity index (χ2n) is 9.38. The lowest BCUT2D eigenvalue weighted by Gasteiger charge is -2.27. The molecule has 1 atom stereocenters. The van der Waals surface area contributed by atoms with Crippen molar-refractivity contribution in [2.45, 2.75) is 30.4 Å². The van der Waals surface area contributed by atoms with Crippen LogP contribution in [0.25, 0.3) is 22.2 Å². The molecule has 5 rings (SSSR count). The van der Waals surface area contributed by atoms with Gasteiger partial charge in [-0.3, -0.25) is 4.79 Å². The first-order valence-electron chi connectivity index (χ1n) is 12.3. The van der Waals surface area contributed by atoms with E-state index in [2.05, 4.69) is 4.98 Å². The zero-order valence-corrected chi connectivity index (χ0v) is 22.2. The van der Waals surface area contributed by atoms with Crippen LogP contribution in [0.3, 0.4) is 0 Å². The van der Waals surface area contributed by atoms with E-state index in [-0.39, 0.29) is 22.2 Å². The van der Waals surface area contributed by atoms with Crippen molar-refractivity contribution in [1.29, 1.82) is 0 Å². The average molecular weight is 542 g/mol. The first-order valence-corrected chi connectivity index (χ1v) is 13.7. The third-order valence-corrected chi connectivity index (χ3v) is 8.05. The number of aromatic nitrogens is 2. The summed E-state index contributed by atoms with van der Waals surface area (Å²) in [6, 6.07) is 24.9. The summed E-state index contributed by atoms with van der Waals surface area (Å²) in [6.07, 6.45) is 2.80. The highest BCUT2D eigenvalue weighted by Crippen LogP contribution is 2.39. The van der Waals surface area contributed by atoms with Crippen LogP contribution in [-0.2, 0) is 20.4 Å². The van der Waals surface area contributed by atoms with Gasteiger partial charge in [-0.2, -0.15) is 0 Å². The van der Waals surface area contributed by atoms with E-state index in [0.29, 0.717) is 27.8 Å². The highest BCUT2D eigenvalue weighted by Gasteiger charge is 2.39. The van der Waals surface area contributed by atoms with Crippen LogP contribution in [0.2, 0.25) is 0 Å². The Morgan fingerprint density at radius 1 is 0.949 bits per heavy atom. The van der Waals surface area contributed by atoms with Crippen LogP contribution >= 0.6 is 0 Å². The fraction of sp³-hybridized carbons (Fsp3) is 0.133. The summed E-state index contributed by atoms with van der Waals surface area (Å²) in [7, 11) is -3.98. The minimum absolute atomic E-state index is 0.115. The lowest BCUT2D eigenvalue weighted by Crippen LogP contribution is -2.42. The Kier molecular flexibility index (Phi) is 6.71. The number of amides is 1. The van der Waals surface area contributed by atoms with Gasteiger partial charge in [-0.25, -0.2) is 17.4 Å². The molecule has 2 aromatic heterocycles. The number of benzene rings is 3. The third-order valence-electron chi connectivity index (χ3n) is 6.39. The van der Waals surface area contributed by atoms with Crippen LogP contribution in [0, 0.1) is 0 Å². The molecule has 0 saturated heterocycles. The molecule has 8 nitrogen and oxygen atoms in total. The maximum atomic E-state index is 13.6. The van der Waals surface area contributed by atoms with Crippen molar-refractivity contribution in [1.82, 2.24) is 8.96 Å². The second-order valence-corrected chi connectivity index (χ2v) is 11.2. The highest BCUT2D eigenvalue weighted by molar-refractivity contribution is 7.90. The number of hydrogen-bond donors (Lipinski definition) is 2. The normalized spacial score (nSPS) is 13.3. The van der Waals surface area contributed by atoms with Gasteiger partial charge in [-0.05, 0) is 67.4 Å². The Balaban J connectivity index is 1.78. The second kappa shape index (κ2) is 10.0. The predicted molar refractivity (Wildman–Crippen MR) is 149 cm³/mol. The summed E-state index contributed by atoms with van der Waals surface area (Å²) >= 11 is 0. The molecule has 1 unspecified atom stereocenters. The van der Waals surface area contributed by atoms with E-state index in [1.165, 1.54) is 24.5 Å². The molecule has 0 aliphatic carbocycles. The number of rotatable bonds is 8. The Morgan fingerprint density at radius 3 is 2.26 bits per heavy atom. The average Bonchev–Trinajstić information content (AvgIpc) is 3.33. The van der Waals surface area contributed by atoms with Crippen molar-refractivity contribution in [2.75, 3.05) is 0 Å². The lowest BCUT2D eigenvalue weighted by atomic mass is 9.84. The quantitative estimate of drug-likeness (QED) is 0.299. The van der Waals surface area contributed by atoms with Crippen molar-refractivity contribution in [2.24, 2.45) is 5.73 Å². The van der Waals surface area contributed by atoms with Gasteiger partial charge in [-0.1, -0.05) is 48.5 Å². The molecule has 198 valence electrons. The Bertz CT molecular complexity index is 1770. The molecule has 9 heteroatoms. The largest absolute Gasteiger partial charge is 0.491 e.